The predicted molar refractivity (Wildman–Crippen MR) is 90.5 cm³/mol. The highest BCUT2D eigenvalue weighted by molar-refractivity contribution is 5.78. The monoisotopic (exact) mass is 313 g/mol. The van der Waals surface area contributed by atoms with Crippen LogP contribution in [-0.4, -0.2) is 18.1 Å². The maximum Gasteiger partial charge on any atom is 0.258 e. The van der Waals surface area contributed by atoms with E-state index in [1.807, 2.05) is 18.2 Å². The van der Waals surface area contributed by atoms with Crippen LogP contribution < -0.4 is 10.1 Å². The summed E-state index contributed by atoms with van der Waals surface area (Å²) in [5.74, 6) is 3.38. The van der Waals surface area contributed by atoms with Gasteiger partial charge in [0.15, 0.2) is 6.61 Å². The smallest absolute Gasteiger partial charge is 0.258 e. The molecule has 0 aliphatic heterocycles. The molecular formula is C20H27NO2. The summed E-state index contributed by atoms with van der Waals surface area (Å²) in [7, 11) is 0. The maximum atomic E-state index is 12.4. The fourth-order valence-corrected chi connectivity index (χ4v) is 5.55. The number of carbonyl (C=O) groups excluding carboxylic acids is 1. The van der Waals surface area contributed by atoms with Gasteiger partial charge >= 0.3 is 0 Å². The van der Waals surface area contributed by atoms with E-state index in [1.165, 1.54) is 49.7 Å². The summed E-state index contributed by atoms with van der Waals surface area (Å²) in [6.45, 7) is 4.28. The third kappa shape index (κ3) is 2.98. The molecule has 0 unspecified atom stereocenters. The van der Waals surface area contributed by atoms with Crippen LogP contribution in [0.2, 0.25) is 0 Å². The molecule has 1 aromatic carbocycles. The van der Waals surface area contributed by atoms with E-state index in [0.717, 1.165) is 23.5 Å². The Bertz CT molecular complexity index is 587. The Morgan fingerprint density at radius 1 is 1.09 bits per heavy atom. The first-order chi connectivity index (χ1) is 11.0. The third-order valence-corrected chi connectivity index (χ3v) is 6.29. The molecule has 1 N–H and O–H groups in total. The fraction of sp³-hybridized carbons (Fsp3) is 0.650. The van der Waals surface area contributed by atoms with Gasteiger partial charge < -0.3 is 10.1 Å². The summed E-state index contributed by atoms with van der Waals surface area (Å²) in [6.07, 6.45) is 7.76. The van der Waals surface area contributed by atoms with Crippen molar-refractivity contribution in [3.05, 3.63) is 29.3 Å². The fourth-order valence-electron chi connectivity index (χ4n) is 5.55. The van der Waals surface area contributed by atoms with Gasteiger partial charge in [-0.15, -0.1) is 0 Å². The van der Waals surface area contributed by atoms with Crippen molar-refractivity contribution < 1.29 is 9.53 Å². The van der Waals surface area contributed by atoms with Gasteiger partial charge in [0, 0.05) is 5.54 Å². The topological polar surface area (TPSA) is 38.3 Å². The van der Waals surface area contributed by atoms with Crippen molar-refractivity contribution in [1.82, 2.24) is 5.32 Å². The number of carbonyl (C=O) groups is 1. The largest absolute Gasteiger partial charge is 0.484 e. The number of amides is 1. The number of rotatable bonds is 4. The van der Waals surface area contributed by atoms with E-state index in [9.17, 15) is 4.79 Å². The lowest BCUT2D eigenvalue weighted by atomic mass is 9.53. The summed E-state index contributed by atoms with van der Waals surface area (Å²) in [5.41, 5.74) is 2.53. The zero-order chi connectivity index (χ0) is 16.0. The van der Waals surface area contributed by atoms with Crippen LogP contribution in [0.3, 0.4) is 0 Å². The molecule has 3 nitrogen and oxygen atoms in total. The average molecular weight is 313 g/mol. The molecule has 4 aliphatic carbocycles. The van der Waals surface area contributed by atoms with E-state index >= 15 is 0 Å². The molecule has 4 bridgehead atoms. The van der Waals surface area contributed by atoms with Crippen molar-refractivity contribution >= 4 is 5.91 Å². The lowest BCUT2D eigenvalue weighted by Crippen LogP contribution is -2.60. The Kier molecular flexibility index (Phi) is 3.62. The molecule has 23 heavy (non-hydrogen) atoms. The van der Waals surface area contributed by atoms with Crippen LogP contribution in [0.5, 0.6) is 5.75 Å². The number of hydrogen-bond donors (Lipinski definition) is 1. The van der Waals surface area contributed by atoms with Crippen molar-refractivity contribution in [2.45, 2.75) is 57.9 Å². The second-order valence-corrected chi connectivity index (χ2v) is 8.28. The number of aryl methyl sites for hydroxylation is 2. The van der Waals surface area contributed by atoms with Gasteiger partial charge in [0.2, 0.25) is 0 Å². The Hall–Kier alpha value is -1.51. The van der Waals surface area contributed by atoms with Crippen molar-refractivity contribution in [2.24, 2.45) is 17.8 Å². The van der Waals surface area contributed by atoms with Crippen molar-refractivity contribution in [2.75, 3.05) is 6.61 Å². The number of nitrogens with one attached hydrogen (secondary N) is 1. The van der Waals surface area contributed by atoms with E-state index in [2.05, 4.69) is 19.2 Å². The standard InChI is InChI=1S/C20H27NO2/c1-13-3-4-18(5-14(13)2)23-12-19(22)21-20-9-15-6-16(10-20)8-17(7-15)11-20/h3-5,15-17H,6-12H2,1-2H3,(H,21,22). The van der Waals surface area contributed by atoms with Gasteiger partial charge in [0.25, 0.3) is 5.91 Å². The molecule has 0 spiro atoms. The first kappa shape index (κ1) is 15.0. The summed E-state index contributed by atoms with van der Waals surface area (Å²) in [4.78, 5) is 12.4. The summed E-state index contributed by atoms with van der Waals surface area (Å²) in [6, 6.07) is 6.00. The van der Waals surface area contributed by atoms with Crippen LogP contribution in [0.1, 0.15) is 49.7 Å². The summed E-state index contributed by atoms with van der Waals surface area (Å²) in [5, 5.41) is 3.36. The van der Waals surface area contributed by atoms with Gasteiger partial charge in [-0.05, 0) is 93.4 Å². The molecule has 5 rings (SSSR count). The van der Waals surface area contributed by atoms with E-state index in [-0.39, 0.29) is 18.1 Å². The highest BCUT2D eigenvalue weighted by atomic mass is 16.5. The Labute approximate surface area is 138 Å². The van der Waals surface area contributed by atoms with Crippen molar-refractivity contribution in [3.63, 3.8) is 0 Å². The molecule has 1 amide bonds. The van der Waals surface area contributed by atoms with Gasteiger partial charge in [-0.2, -0.15) is 0 Å². The molecule has 4 aliphatic rings. The molecule has 124 valence electrons. The minimum atomic E-state index is 0.0465. The molecule has 0 heterocycles. The van der Waals surface area contributed by atoms with Crippen molar-refractivity contribution in [1.29, 1.82) is 0 Å². The average Bonchev–Trinajstić information content (AvgIpc) is 2.46. The molecule has 0 radical (unpaired) electrons. The van der Waals surface area contributed by atoms with Crippen LogP contribution >= 0.6 is 0 Å². The van der Waals surface area contributed by atoms with Crippen LogP contribution in [0, 0.1) is 31.6 Å². The highest BCUT2D eigenvalue weighted by Crippen LogP contribution is 2.55. The molecule has 0 aromatic heterocycles. The summed E-state index contributed by atoms with van der Waals surface area (Å²) >= 11 is 0. The molecule has 4 fully saturated rings. The third-order valence-electron chi connectivity index (χ3n) is 6.29. The zero-order valence-corrected chi connectivity index (χ0v) is 14.2. The minimum Gasteiger partial charge on any atom is -0.484 e. The lowest BCUT2D eigenvalue weighted by molar-refractivity contribution is -0.128. The molecule has 1 aromatic rings. The van der Waals surface area contributed by atoms with Gasteiger partial charge in [-0.1, -0.05) is 6.07 Å². The lowest BCUT2D eigenvalue weighted by Gasteiger charge is -2.56. The molecule has 0 saturated heterocycles. The van der Waals surface area contributed by atoms with Gasteiger partial charge in [0.05, 0.1) is 0 Å². The molecule has 0 atom stereocenters. The number of ether oxygens (including phenoxy) is 1. The van der Waals surface area contributed by atoms with Gasteiger partial charge in [-0.3, -0.25) is 4.79 Å². The van der Waals surface area contributed by atoms with Gasteiger partial charge in [0.1, 0.15) is 5.75 Å². The second-order valence-electron chi connectivity index (χ2n) is 8.28. The van der Waals surface area contributed by atoms with Crippen LogP contribution in [0.4, 0.5) is 0 Å². The molecule has 3 heteroatoms. The van der Waals surface area contributed by atoms with Crippen LogP contribution in [0.15, 0.2) is 18.2 Å². The van der Waals surface area contributed by atoms with Gasteiger partial charge in [-0.25, -0.2) is 0 Å². The second kappa shape index (κ2) is 5.54. The quantitative estimate of drug-likeness (QED) is 0.919. The summed E-state index contributed by atoms with van der Waals surface area (Å²) < 4.78 is 5.71. The normalized spacial score (nSPS) is 34.4. The Morgan fingerprint density at radius 2 is 1.70 bits per heavy atom. The first-order valence-electron chi connectivity index (χ1n) is 9.02. The van der Waals surface area contributed by atoms with Crippen molar-refractivity contribution in [3.8, 4) is 5.75 Å². The van der Waals surface area contributed by atoms with E-state index < -0.39 is 0 Å². The van der Waals surface area contributed by atoms with E-state index in [1.54, 1.807) is 0 Å². The molecular weight excluding hydrogens is 286 g/mol. The Balaban J connectivity index is 1.36. The van der Waals surface area contributed by atoms with Crippen LogP contribution in [0.25, 0.3) is 0 Å². The highest BCUT2D eigenvalue weighted by Gasteiger charge is 2.51. The van der Waals surface area contributed by atoms with E-state index in [0.29, 0.717) is 0 Å². The predicted octanol–water partition coefficient (Wildman–Crippen LogP) is 3.77. The molecule has 4 saturated carbocycles. The zero-order valence-electron chi connectivity index (χ0n) is 14.2. The van der Waals surface area contributed by atoms with E-state index in [4.69, 9.17) is 4.74 Å². The SMILES string of the molecule is Cc1ccc(OCC(=O)NC23CC4CC(CC(C4)C2)C3)cc1C. The Morgan fingerprint density at radius 3 is 2.26 bits per heavy atom. The minimum absolute atomic E-state index is 0.0465. The maximum absolute atomic E-state index is 12.4. The first-order valence-corrected chi connectivity index (χ1v) is 9.02. The number of benzene rings is 1. The van der Waals surface area contributed by atoms with Crippen LogP contribution in [-0.2, 0) is 4.79 Å². The number of hydrogen-bond acceptors (Lipinski definition) is 2.